The summed E-state index contributed by atoms with van der Waals surface area (Å²) < 4.78 is 0. The Balaban J connectivity index is 2.00. The first-order chi connectivity index (χ1) is 8.56. The number of rotatable bonds is 1. The van der Waals surface area contributed by atoms with Gasteiger partial charge in [0.1, 0.15) is 0 Å². The molecule has 0 aliphatic carbocycles. The van der Waals surface area contributed by atoms with Crippen LogP contribution in [0.4, 0.5) is 5.69 Å². The van der Waals surface area contributed by atoms with Gasteiger partial charge in [-0.3, -0.25) is 0 Å². The standard InChI is InChI=1S/C15H22N2S/c1-11-5-4-8-17(10-11)15(18)16-14-7-6-12(2)13(3)9-14/h6-7,9,11H,4-5,8,10H2,1-3H3,(H,16,18)/t11-/m1/s1. The van der Waals surface area contributed by atoms with E-state index < -0.39 is 0 Å². The van der Waals surface area contributed by atoms with Crippen molar-refractivity contribution in [2.75, 3.05) is 18.4 Å². The maximum absolute atomic E-state index is 5.50. The zero-order valence-electron chi connectivity index (χ0n) is 11.5. The first-order valence-corrected chi connectivity index (χ1v) is 7.10. The van der Waals surface area contributed by atoms with Gasteiger partial charge in [-0.2, -0.15) is 0 Å². The Kier molecular flexibility index (Phi) is 4.23. The van der Waals surface area contributed by atoms with Crippen LogP contribution in [0.15, 0.2) is 18.2 Å². The monoisotopic (exact) mass is 262 g/mol. The van der Waals surface area contributed by atoms with Crippen LogP contribution in [0.5, 0.6) is 0 Å². The molecule has 1 aliphatic heterocycles. The van der Waals surface area contributed by atoms with E-state index in [1.54, 1.807) is 0 Å². The number of anilines is 1. The van der Waals surface area contributed by atoms with Gasteiger partial charge in [0.25, 0.3) is 0 Å². The minimum absolute atomic E-state index is 0.748. The molecule has 18 heavy (non-hydrogen) atoms. The van der Waals surface area contributed by atoms with Gasteiger partial charge in [0.05, 0.1) is 0 Å². The van der Waals surface area contributed by atoms with Gasteiger partial charge in [0, 0.05) is 18.8 Å². The van der Waals surface area contributed by atoms with E-state index in [2.05, 4.69) is 49.2 Å². The van der Waals surface area contributed by atoms with Gasteiger partial charge in [0.2, 0.25) is 0 Å². The van der Waals surface area contributed by atoms with E-state index in [0.29, 0.717) is 0 Å². The van der Waals surface area contributed by atoms with Gasteiger partial charge in [-0.15, -0.1) is 0 Å². The Morgan fingerprint density at radius 1 is 1.33 bits per heavy atom. The third-order valence-corrected chi connectivity index (χ3v) is 4.06. The van der Waals surface area contributed by atoms with Crippen LogP contribution in [0.3, 0.4) is 0 Å². The number of hydrogen-bond donors (Lipinski definition) is 1. The number of piperidine rings is 1. The van der Waals surface area contributed by atoms with Gasteiger partial charge in [-0.05, 0) is 68.1 Å². The van der Waals surface area contributed by atoms with Crippen LogP contribution in [0, 0.1) is 19.8 Å². The fourth-order valence-electron chi connectivity index (χ4n) is 2.40. The normalized spacial score (nSPS) is 19.7. The average molecular weight is 262 g/mol. The van der Waals surface area contributed by atoms with Gasteiger partial charge >= 0.3 is 0 Å². The molecule has 1 aromatic carbocycles. The first-order valence-electron chi connectivity index (χ1n) is 6.69. The van der Waals surface area contributed by atoms with Crippen LogP contribution < -0.4 is 5.32 Å². The molecule has 0 saturated carbocycles. The van der Waals surface area contributed by atoms with Crippen molar-refractivity contribution < 1.29 is 0 Å². The lowest BCUT2D eigenvalue weighted by atomic mass is 10.0. The second-order valence-electron chi connectivity index (χ2n) is 5.42. The van der Waals surface area contributed by atoms with E-state index in [4.69, 9.17) is 12.2 Å². The summed E-state index contributed by atoms with van der Waals surface area (Å²) in [6.07, 6.45) is 2.57. The zero-order chi connectivity index (χ0) is 13.1. The summed E-state index contributed by atoms with van der Waals surface area (Å²) in [5, 5.41) is 4.22. The van der Waals surface area contributed by atoms with Crippen molar-refractivity contribution in [3.8, 4) is 0 Å². The van der Waals surface area contributed by atoms with E-state index in [1.807, 2.05) is 0 Å². The van der Waals surface area contributed by atoms with Crippen molar-refractivity contribution in [2.24, 2.45) is 5.92 Å². The zero-order valence-corrected chi connectivity index (χ0v) is 12.3. The Morgan fingerprint density at radius 3 is 2.78 bits per heavy atom. The van der Waals surface area contributed by atoms with E-state index in [-0.39, 0.29) is 0 Å². The largest absolute Gasteiger partial charge is 0.349 e. The van der Waals surface area contributed by atoms with Crippen molar-refractivity contribution in [3.63, 3.8) is 0 Å². The lowest BCUT2D eigenvalue weighted by Gasteiger charge is -2.33. The molecule has 0 bridgehead atoms. The van der Waals surface area contributed by atoms with Crippen molar-refractivity contribution in [1.29, 1.82) is 0 Å². The molecule has 3 heteroatoms. The molecule has 0 radical (unpaired) electrons. The molecule has 0 aromatic heterocycles. The molecular formula is C15H22N2S. The first kappa shape index (κ1) is 13.3. The van der Waals surface area contributed by atoms with Crippen molar-refractivity contribution in [2.45, 2.75) is 33.6 Å². The summed E-state index contributed by atoms with van der Waals surface area (Å²) in [5.74, 6) is 0.748. The van der Waals surface area contributed by atoms with E-state index in [0.717, 1.165) is 29.8 Å². The highest BCUT2D eigenvalue weighted by Gasteiger charge is 2.18. The topological polar surface area (TPSA) is 15.3 Å². The second kappa shape index (κ2) is 5.70. The molecule has 0 unspecified atom stereocenters. The number of hydrogen-bond acceptors (Lipinski definition) is 1. The quantitative estimate of drug-likeness (QED) is 0.776. The Morgan fingerprint density at radius 2 is 2.11 bits per heavy atom. The minimum atomic E-state index is 0.748. The Bertz CT molecular complexity index is 442. The average Bonchev–Trinajstić information content (AvgIpc) is 2.34. The number of thiocarbonyl (C=S) groups is 1. The van der Waals surface area contributed by atoms with Crippen molar-refractivity contribution >= 4 is 23.0 Å². The Labute approximate surface area is 115 Å². The summed E-state index contributed by atoms with van der Waals surface area (Å²) >= 11 is 5.50. The number of nitrogens with one attached hydrogen (secondary N) is 1. The fraction of sp³-hybridized carbons (Fsp3) is 0.533. The maximum atomic E-state index is 5.50. The summed E-state index contributed by atoms with van der Waals surface area (Å²) in [6, 6.07) is 6.40. The molecule has 98 valence electrons. The summed E-state index contributed by atoms with van der Waals surface area (Å²) in [7, 11) is 0. The highest BCUT2D eigenvalue weighted by molar-refractivity contribution is 7.80. The number of aryl methyl sites for hydroxylation is 2. The molecule has 0 amide bonds. The van der Waals surface area contributed by atoms with Gasteiger partial charge in [0.15, 0.2) is 5.11 Å². The molecular weight excluding hydrogens is 240 g/mol. The minimum Gasteiger partial charge on any atom is -0.349 e. The van der Waals surface area contributed by atoms with Crippen LogP contribution in [-0.4, -0.2) is 23.1 Å². The number of nitrogens with zero attached hydrogens (tertiary/aromatic N) is 1. The fourth-order valence-corrected chi connectivity index (χ4v) is 2.68. The maximum Gasteiger partial charge on any atom is 0.173 e. The highest BCUT2D eigenvalue weighted by Crippen LogP contribution is 2.18. The molecule has 1 fully saturated rings. The van der Waals surface area contributed by atoms with Crippen LogP contribution in [-0.2, 0) is 0 Å². The molecule has 1 aromatic rings. The molecule has 2 nitrogen and oxygen atoms in total. The van der Waals surface area contributed by atoms with E-state index >= 15 is 0 Å². The molecule has 0 spiro atoms. The van der Waals surface area contributed by atoms with Crippen LogP contribution in [0.25, 0.3) is 0 Å². The number of benzene rings is 1. The van der Waals surface area contributed by atoms with Crippen LogP contribution >= 0.6 is 12.2 Å². The third-order valence-electron chi connectivity index (χ3n) is 3.70. The predicted molar refractivity (Wildman–Crippen MR) is 82.1 cm³/mol. The number of likely N-dealkylation sites (tertiary alicyclic amines) is 1. The van der Waals surface area contributed by atoms with E-state index in [1.165, 1.54) is 24.0 Å². The second-order valence-corrected chi connectivity index (χ2v) is 5.81. The van der Waals surface area contributed by atoms with Gasteiger partial charge in [-0.25, -0.2) is 0 Å². The van der Waals surface area contributed by atoms with Crippen molar-refractivity contribution in [1.82, 2.24) is 4.90 Å². The highest BCUT2D eigenvalue weighted by atomic mass is 32.1. The molecule has 2 rings (SSSR count). The summed E-state index contributed by atoms with van der Waals surface area (Å²) in [4.78, 5) is 2.29. The van der Waals surface area contributed by atoms with Crippen LogP contribution in [0.2, 0.25) is 0 Å². The summed E-state index contributed by atoms with van der Waals surface area (Å²) in [6.45, 7) is 8.72. The van der Waals surface area contributed by atoms with Crippen molar-refractivity contribution in [3.05, 3.63) is 29.3 Å². The lowest BCUT2D eigenvalue weighted by molar-refractivity contribution is 0.276. The Hall–Kier alpha value is -1.09. The lowest BCUT2D eigenvalue weighted by Crippen LogP contribution is -2.41. The van der Waals surface area contributed by atoms with E-state index in [9.17, 15) is 0 Å². The molecule has 1 atom stereocenters. The summed E-state index contributed by atoms with van der Waals surface area (Å²) in [5.41, 5.74) is 3.72. The van der Waals surface area contributed by atoms with Crippen LogP contribution in [0.1, 0.15) is 30.9 Å². The third kappa shape index (κ3) is 3.22. The molecule has 1 saturated heterocycles. The van der Waals surface area contributed by atoms with Gasteiger partial charge < -0.3 is 10.2 Å². The van der Waals surface area contributed by atoms with Gasteiger partial charge in [-0.1, -0.05) is 13.0 Å². The molecule has 1 heterocycles. The smallest absolute Gasteiger partial charge is 0.173 e. The SMILES string of the molecule is Cc1ccc(NC(=S)N2CCC[C@@H](C)C2)cc1C. The predicted octanol–water partition coefficient (Wildman–Crippen LogP) is 3.73. The molecule has 1 aliphatic rings. The molecule has 1 N–H and O–H groups in total.